The minimum atomic E-state index is 0.466. The third kappa shape index (κ3) is 4.27. The summed E-state index contributed by atoms with van der Waals surface area (Å²) < 4.78 is 11.4. The Kier molecular flexibility index (Phi) is 5.45. The van der Waals surface area contributed by atoms with Gasteiger partial charge >= 0.3 is 0 Å². The van der Waals surface area contributed by atoms with Gasteiger partial charge in [-0.15, -0.1) is 0 Å². The average molecular weight is 422 g/mol. The number of nitrogens with zero attached hydrogens (tertiary/aromatic N) is 1. The summed E-state index contributed by atoms with van der Waals surface area (Å²) in [7, 11) is 1.67. The van der Waals surface area contributed by atoms with Crippen LogP contribution in [-0.2, 0) is 6.61 Å². The van der Waals surface area contributed by atoms with Crippen molar-refractivity contribution < 1.29 is 9.47 Å². The van der Waals surface area contributed by atoms with Crippen LogP contribution in [-0.4, -0.2) is 17.1 Å². The second-order valence-corrected chi connectivity index (χ2v) is 7.49. The first-order valence-corrected chi connectivity index (χ1v) is 10.4. The predicted molar refractivity (Wildman–Crippen MR) is 129 cm³/mol. The lowest BCUT2D eigenvalue weighted by Crippen LogP contribution is -1.98. The number of hydrogen-bond donors (Lipinski definition) is 2. The molecule has 2 N–H and O–H groups in total. The van der Waals surface area contributed by atoms with E-state index in [-0.39, 0.29) is 0 Å². The highest BCUT2D eigenvalue weighted by molar-refractivity contribution is 5.96. The van der Waals surface area contributed by atoms with Crippen LogP contribution in [0.2, 0.25) is 0 Å². The monoisotopic (exact) mass is 421 g/mol. The van der Waals surface area contributed by atoms with Crippen molar-refractivity contribution in [3.05, 3.63) is 103 Å². The van der Waals surface area contributed by atoms with Crippen molar-refractivity contribution in [3.8, 4) is 22.6 Å². The number of anilines is 2. The molecule has 3 aromatic carbocycles. The first kappa shape index (κ1) is 19.7. The van der Waals surface area contributed by atoms with Crippen molar-refractivity contribution in [2.45, 2.75) is 6.61 Å². The molecule has 5 rings (SSSR count). The van der Waals surface area contributed by atoms with Crippen molar-refractivity contribution in [2.75, 3.05) is 12.4 Å². The van der Waals surface area contributed by atoms with Crippen LogP contribution in [0.3, 0.4) is 0 Å². The van der Waals surface area contributed by atoms with Crippen LogP contribution in [0.5, 0.6) is 11.5 Å². The molecule has 0 atom stereocenters. The summed E-state index contributed by atoms with van der Waals surface area (Å²) in [5, 5.41) is 4.62. The molecular weight excluding hydrogens is 398 g/mol. The number of hydrogen-bond acceptors (Lipinski definition) is 4. The lowest BCUT2D eigenvalue weighted by atomic mass is 10.0. The highest BCUT2D eigenvalue weighted by atomic mass is 16.5. The standard InChI is InChI=1S/C27H23N3O2/c1-31-23-9-7-19(8-10-23)18-32-24-15-20(25-5-2-6-27-26(25)11-13-29-27)14-22(16-24)30-21-4-3-12-28-17-21/h2-17,29-30H,18H2,1H3. The van der Waals surface area contributed by atoms with Crippen molar-refractivity contribution in [1.29, 1.82) is 0 Å². The summed E-state index contributed by atoms with van der Waals surface area (Å²) in [5.41, 5.74) is 6.26. The summed E-state index contributed by atoms with van der Waals surface area (Å²) in [4.78, 5) is 7.49. The topological polar surface area (TPSA) is 59.2 Å². The largest absolute Gasteiger partial charge is 0.497 e. The molecule has 0 spiro atoms. The minimum absolute atomic E-state index is 0.466. The maximum Gasteiger partial charge on any atom is 0.122 e. The van der Waals surface area contributed by atoms with Crippen molar-refractivity contribution in [3.63, 3.8) is 0 Å². The van der Waals surface area contributed by atoms with E-state index in [1.807, 2.05) is 48.7 Å². The van der Waals surface area contributed by atoms with Gasteiger partial charge in [0.05, 0.1) is 19.0 Å². The highest BCUT2D eigenvalue weighted by Crippen LogP contribution is 2.34. The quantitative estimate of drug-likeness (QED) is 0.312. The van der Waals surface area contributed by atoms with E-state index in [0.29, 0.717) is 6.61 Å². The Balaban J connectivity index is 1.49. The molecule has 0 amide bonds. The number of rotatable bonds is 7. The molecule has 0 aliphatic carbocycles. The third-order valence-corrected chi connectivity index (χ3v) is 5.33. The maximum absolute atomic E-state index is 6.20. The van der Waals surface area contributed by atoms with E-state index >= 15 is 0 Å². The second-order valence-electron chi connectivity index (χ2n) is 7.49. The number of pyridine rings is 1. The fraction of sp³-hybridized carbons (Fsp3) is 0.0741. The van der Waals surface area contributed by atoms with Gasteiger partial charge in [0.15, 0.2) is 0 Å². The van der Waals surface area contributed by atoms with E-state index in [4.69, 9.17) is 9.47 Å². The van der Waals surface area contributed by atoms with Crippen LogP contribution < -0.4 is 14.8 Å². The summed E-state index contributed by atoms with van der Waals surface area (Å²) >= 11 is 0. The van der Waals surface area contributed by atoms with Gasteiger partial charge in [-0.1, -0.05) is 24.3 Å². The molecule has 158 valence electrons. The maximum atomic E-state index is 6.20. The zero-order valence-electron chi connectivity index (χ0n) is 17.7. The molecule has 0 radical (unpaired) electrons. The van der Waals surface area contributed by atoms with Gasteiger partial charge in [0.25, 0.3) is 0 Å². The molecule has 5 nitrogen and oxygen atoms in total. The molecule has 2 heterocycles. The van der Waals surface area contributed by atoms with E-state index in [1.54, 1.807) is 19.5 Å². The van der Waals surface area contributed by atoms with Crippen LogP contribution in [0, 0.1) is 0 Å². The fourth-order valence-corrected chi connectivity index (χ4v) is 3.74. The van der Waals surface area contributed by atoms with Gasteiger partial charge in [-0.25, -0.2) is 0 Å². The number of aromatic nitrogens is 2. The first-order valence-electron chi connectivity index (χ1n) is 10.4. The molecule has 32 heavy (non-hydrogen) atoms. The summed E-state index contributed by atoms with van der Waals surface area (Å²) in [6.07, 6.45) is 5.53. The molecule has 0 saturated carbocycles. The Labute approximate surface area is 186 Å². The number of H-pyrrole nitrogens is 1. The highest BCUT2D eigenvalue weighted by Gasteiger charge is 2.09. The van der Waals surface area contributed by atoms with Gasteiger partial charge in [0, 0.05) is 35.1 Å². The normalized spacial score (nSPS) is 10.8. The first-order chi connectivity index (χ1) is 15.8. The van der Waals surface area contributed by atoms with E-state index < -0.39 is 0 Å². The van der Waals surface area contributed by atoms with Gasteiger partial charge in [0.2, 0.25) is 0 Å². The number of fused-ring (bicyclic) bond motifs is 1. The van der Waals surface area contributed by atoms with Crippen LogP contribution in [0.25, 0.3) is 22.0 Å². The van der Waals surface area contributed by atoms with E-state index in [2.05, 4.69) is 51.7 Å². The molecular formula is C27H23N3O2. The summed E-state index contributed by atoms with van der Waals surface area (Å²) in [5.74, 6) is 1.62. The molecule has 0 aliphatic rings. The van der Waals surface area contributed by atoms with Crippen LogP contribution >= 0.6 is 0 Å². The number of nitrogens with one attached hydrogen (secondary N) is 2. The Morgan fingerprint density at radius 3 is 2.59 bits per heavy atom. The Morgan fingerprint density at radius 2 is 1.78 bits per heavy atom. The molecule has 2 aromatic heterocycles. The minimum Gasteiger partial charge on any atom is -0.497 e. The van der Waals surface area contributed by atoms with Gasteiger partial charge in [-0.3, -0.25) is 4.98 Å². The van der Waals surface area contributed by atoms with Gasteiger partial charge in [-0.2, -0.15) is 0 Å². The number of ether oxygens (including phenoxy) is 2. The number of benzene rings is 3. The predicted octanol–water partition coefficient (Wildman–Crippen LogP) is 6.56. The molecule has 5 heteroatoms. The molecule has 0 fully saturated rings. The van der Waals surface area contributed by atoms with E-state index in [9.17, 15) is 0 Å². The lowest BCUT2D eigenvalue weighted by molar-refractivity contribution is 0.306. The lowest BCUT2D eigenvalue weighted by Gasteiger charge is -2.14. The third-order valence-electron chi connectivity index (χ3n) is 5.33. The van der Waals surface area contributed by atoms with Gasteiger partial charge < -0.3 is 19.8 Å². The average Bonchev–Trinajstić information content (AvgIpc) is 3.33. The molecule has 0 saturated heterocycles. The van der Waals surface area contributed by atoms with Gasteiger partial charge in [-0.05, 0) is 65.2 Å². The summed E-state index contributed by atoms with van der Waals surface area (Å²) in [6.45, 7) is 0.466. The summed E-state index contributed by atoms with van der Waals surface area (Å²) in [6, 6.07) is 26.4. The van der Waals surface area contributed by atoms with Crippen LogP contribution in [0.15, 0.2) is 97.5 Å². The van der Waals surface area contributed by atoms with Crippen LogP contribution in [0.1, 0.15) is 5.56 Å². The van der Waals surface area contributed by atoms with Gasteiger partial charge in [0.1, 0.15) is 18.1 Å². The van der Waals surface area contributed by atoms with E-state index in [1.165, 1.54) is 5.39 Å². The molecule has 0 aliphatic heterocycles. The number of aromatic amines is 1. The zero-order chi connectivity index (χ0) is 21.8. The smallest absolute Gasteiger partial charge is 0.122 e. The Hall–Kier alpha value is -4.25. The Bertz CT molecular complexity index is 1330. The van der Waals surface area contributed by atoms with Crippen LogP contribution in [0.4, 0.5) is 11.4 Å². The van der Waals surface area contributed by atoms with Crippen molar-refractivity contribution >= 4 is 22.3 Å². The SMILES string of the molecule is COc1ccc(COc2cc(Nc3cccnc3)cc(-c3cccc4[nH]ccc34)c2)cc1. The molecule has 0 bridgehead atoms. The zero-order valence-corrected chi connectivity index (χ0v) is 17.7. The van der Waals surface area contributed by atoms with Crippen molar-refractivity contribution in [1.82, 2.24) is 9.97 Å². The molecule has 0 unspecified atom stereocenters. The fourth-order valence-electron chi connectivity index (χ4n) is 3.74. The van der Waals surface area contributed by atoms with Crippen molar-refractivity contribution in [2.24, 2.45) is 0 Å². The number of methoxy groups -OCH3 is 1. The molecule has 5 aromatic rings. The van der Waals surface area contributed by atoms with E-state index in [0.717, 1.165) is 45.1 Å². The Morgan fingerprint density at radius 1 is 0.875 bits per heavy atom. The second kappa shape index (κ2) is 8.86.